The van der Waals surface area contributed by atoms with Gasteiger partial charge in [0.15, 0.2) is 5.65 Å². The molecule has 2 saturated heterocycles. The Labute approximate surface area is 187 Å². The van der Waals surface area contributed by atoms with Gasteiger partial charge < -0.3 is 20.3 Å². The van der Waals surface area contributed by atoms with Crippen LogP contribution in [0, 0.1) is 0 Å². The standard InChI is InChI=1S/C23H31N7O2/c1-15-12-28(13-16(2)32-15)20-19(17-8-5-4-6-9-17)25-22(24)30-21(20)26-29(23(30)31)14-18-10-7-11-27(18)3/h4-6,8-9,15-16,18H,7,10-14H2,1-3H3,(H2,24,25)/t15-,16+,18-/m0/s1. The topological polar surface area (TPSA) is 93.9 Å². The highest BCUT2D eigenvalue weighted by Crippen LogP contribution is 2.35. The first-order chi connectivity index (χ1) is 15.4. The zero-order valence-corrected chi connectivity index (χ0v) is 18.9. The second-order valence-electron chi connectivity index (χ2n) is 9.10. The van der Waals surface area contributed by atoms with E-state index in [0.29, 0.717) is 31.3 Å². The molecule has 0 aliphatic carbocycles. The number of nitrogens with two attached hydrogens (primary N) is 1. The Morgan fingerprint density at radius 3 is 2.53 bits per heavy atom. The third kappa shape index (κ3) is 3.65. The van der Waals surface area contributed by atoms with Crippen LogP contribution in [0.4, 0.5) is 11.6 Å². The number of nitrogens with zero attached hydrogens (tertiary/aromatic N) is 6. The van der Waals surface area contributed by atoms with E-state index < -0.39 is 0 Å². The third-order valence-electron chi connectivity index (χ3n) is 6.57. The summed E-state index contributed by atoms with van der Waals surface area (Å²) in [6, 6.07) is 10.3. The molecule has 32 heavy (non-hydrogen) atoms. The van der Waals surface area contributed by atoms with Gasteiger partial charge in [-0.25, -0.2) is 18.9 Å². The molecular formula is C23H31N7O2. The van der Waals surface area contributed by atoms with Gasteiger partial charge in [-0.05, 0) is 40.3 Å². The lowest BCUT2D eigenvalue weighted by atomic mass is 10.1. The summed E-state index contributed by atoms with van der Waals surface area (Å²) in [5.41, 5.74) is 9.19. The summed E-state index contributed by atoms with van der Waals surface area (Å²) in [5, 5.41) is 4.82. The number of hydrogen-bond donors (Lipinski definition) is 1. The summed E-state index contributed by atoms with van der Waals surface area (Å²) < 4.78 is 8.98. The van der Waals surface area contributed by atoms with Crippen molar-refractivity contribution in [2.45, 2.75) is 51.5 Å². The molecular weight excluding hydrogens is 406 g/mol. The fraction of sp³-hybridized carbons (Fsp3) is 0.522. The lowest BCUT2D eigenvalue weighted by Gasteiger charge is -2.37. The fourth-order valence-corrected chi connectivity index (χ4v) is 5.07. The second kappa shape index (κ2) is 8.22. The van der Waals surface area contributed by atoms with Crippen LogP contribution < -0.4 is 16.3 Å². The van der Waals surface area contributed by atoms with Gasteiger partial charge in [0.2, 0.25) is 5.95 Å². The molecule has 0 amide bonds. The number of nitrogen functional groups attached to an aromatic ring is 1. The first-order valence-corrected chi connectivity index (χ1v) is 11.4. The van der Waals surface area contributed by atoms with Crippen LogP contribution >= 0.6 is 0 Å². The summed E-state index contributed by atoms with van der Waals surface area (Å²) in [4.78, 5) is 22.6. The number of anilines is 2. The minimum Gasteiger partial charge on any atom is -0.372 e. The molecule has 4 heterocycles. The summed E-state index contributed by atoms with van der Waals surface area (Å²) in [6.45, 7) is 7.10. The monoisotopic (exact) mass is 437 g/mol. The molecule has 9 nitrogen and oxygen atoms in total. The first-order valence-electron chi connectivity index (χ1n) is 11.4. The Morgan fingerprint density at radius 1 is 1.16 bits per heavy atom. The third-order valence-corrected chi connectivity index (χ3v) is 6.57. The van der Waals surface area contributed by atoms with Crippen molar-refractivity contribution in [3.8, 4) is 11.3 Å². The number of rotatable bonds is 4. The molecule has 9 heteroatoms. The number of aromatic nitrogens is 4. The fourth-order valence-electron chi connectivity index (χ4n) is 5.07. The maximum absolute atomic E-state index is 13.3. The predicted octanol–water partition coefficient (Wildman–Crippen LogP) is 1.85. The molecule has 2 N–H and O–H groups in total. The number of fused-ring (bicyclic) bond motifs is 1. The van der Waals surface area contributed by atoms with Crippen molar-refractivity contribution in [3.63, 3.8) is 0 Å². The molecule has 0 unspecified atom stereocenters. The zero-order valence-electron chi connectivity index (χ0n) is 18.9. The van der Waals surface area contributed by atoms with Gasteiger partial charge in [-0.2, -0.15) is 0 Å². The summed E-state index contributed by atoms with van der Waals surface area (Å²) in [5.74, 6) is 0.160. The van der Waals surface area contributed by atoms with Gasteiger partial charge >= 0.3 is 5.69 Å². The van der Waals surface area contributed by atoms with E-state index in [2.05, 4.69) is 30.7 Å². The number of benzene rings is 1. The van der Waals surface area contributed by atoms with Crippen LogP contribution in [-0.2, 0) is 11.3 Å². The van der Waals surface area contributed by atoms with E-state index in [4.69, 9.17) is 20.6 Å². The quantitative estimate of drug-likeness (QED) is 0.666. The van der Waals surface area contributed by atoms with Crippen LogP contribution in [-0.4, -0.2) is 69.0 Å². The molecule has 2 aromatic heterocycles. The Kier molecular flexibility index (Phi) is 5.38. The van der Waals surface area contributed by atoms with E-state index in [0.717, 1.165) is 36.3 Å². The van der Waals surface area contributed by atoms with Gasteiger partial charge in [-0.1, -0.05) is 30.3 Å². The average molecular weight is 438 g/mol. The molecule has 0 bridgehead atoms. The molecule has 3 atom stereocenters. The SMILES string of the molecule is C[C@@H]1CN(c2c(-c3ccccc3)nc(N)n3c(=O)n(C[C@@H]4CCCN4C)nc23)C[C@H](C)O1. The molecule has 0 saturated carbocycles. The normalized spacial score (nSPS) is 24.5. The lowest BCUT2D eigenvalue weighted by molar-refractivity contribution is -0.00513. The smallest absolute Gasteiger partial charge is 0.353 e. The molecule has 2 aliphatic heterocycles. The highest BCUT2D eigenvalue weighted by atomic mass is 16.5. The maximum Gasteiger partial charge on any atom is 0.353 e. The van der Waals surface area contributed by atoms with Gasteiger partial charge in [0.25, 0.3) is 0 Å². The van der Waals surface area contributed by atoms with Crippen molar-refractivity contribution in [2.24, 2.45) is 0 Å². The molecule has 170 valence electrons. The van der Waals surface area contributed by atoms with Crippen molar-refractivity contribution in [1.29, 1.82) is 0 Å². The van der Waals surface area contributed by atoms with Gasteiger partial charge in [-0.3, -0.25) is 0 Å². The summed E-state index contributed by atoms with van der Waals surface area (Å²) in [6.07, 6.45) is 2.31. The van der Waals surface area contributed by atoms with E-state index >= 15 is 0 Å². The van der Waals surface area contributed by atoms with Crippen LogP contribution in [0.3, 0.4) is 0 Å². The van der Waals surface area contributed by atoms with Crippen LogP contribution in [0.15, 0.2) is 35.1 Å². The highest BCUT2D eigenvalue weighted by Gasteiger charge is 2.30. The van der Waals surface area contributed by atoms with Crippen molar-refractivity contribution in [1.82, 2.24) is 24.1 Å². The Bertz CT molecular complexity index is 1160. The van der Waals surface area contributed by atoms with E-state index in [1.54, 1.807) is 4.68 Å². The molecule has 0 radical (unpaired) electrons. The molecule has 2 fully saturated rings. The Hall–Kier alpha value is -2.91. The van der Waals surface area contributed by atoms with Crippen molar-refractivity contribution in [3.05, 3.63) is 40.8 Å². The minimum absolute atomic E-state index is 0.0564. The molecule has 5 rings (SSSR count). The minimum atomic E-state index is -0.236. The van der Waals surface area contributed by atoms with E-state index in [-0.39, 0.29) is 23.8 Å². The van der Waals surface area contributed by atoms with Gasteiger partial charge in [0.1, 0.15) is 11.4 Å². The summed E-state index contributed by atoms with van der Waals surface area (Å²) >= 11 is 0. The Balaban J connectivity index is 1.70. The summed E-state index contributed by atoms with van der Waals surface area (Å²) in [7, 11) is 2.10. The predicted molar refractivity (Wildman–Crippen MR) is 125 cm³/mol. The molecule has 2 aliphatic rings. The van der Waals surface area contributed by atoms with Crippen molar-refractivity contribution >= 4 is 17.3 Å². The number of likely N-dealkylation sites (N-methyl/N-ethyl adjacent to an activating group) is 1. The molecule has 1 aromatic carbocycles. The van der Waals surface area contributed by atoms with Crippen LogP contribution in [0.5, 0.6) is 0 Å². The molecule has 0 spiro atoms. The average Bonchev–Trinajstić information content (AvgIpc) is 3.31. The van der Waals surface area contributed by atoms with Crippen LogP contribution in [0.1, 0.15) is 26.7 Å². The number of ether oxygens (including phenoxy) is 1. The van der Waals surface area contributed by atoms with E-state index in [1.807, 2.05) is 30.3 Å². The second-order valence-corrected chi connectivity index (χ2v) is 9.10. The number of hydrogen-bond acceptors (Lipinski definition) is 7. The maximum atomic E-state index is 13.3. The Morgan fingerprint density at radius 2 is 1.88 bits per heavy atom. The van der Waals surface area contributed by atoms with Crippen molar-refractivity contribution in [2.75, 3.05) is 37.3 Å². The number of likely N-dealkylation sites (tertiary alicyclic amines) is 1. The highest BCUT2D eigenvalue weighted by molar-refractivity contribution is 5.86. The zero-order chi connectivity index (χ0) is 22.4. The van der Waals surface area contributed by atoms with E-state index in [1.165, 1.54) is 4.40 Å². The van der Waals surface area contributed by atoms with Gasteiger partial charge in [0, 0.05) is 24.7 Å². The van der Waals surface area contributed by atoms with Crippen molar-refractivity contribution < 1.29 is 4.74 Å². The first kappa shape index (κ1) is 21.0. The lowest BCUT2D eigenvalue weighted by Crippen LogP contribution is -2.46. The van der Waals surface area contributed by atoms with Crippen LogP contribution in [0.2, 0.25) is 0 Å². The largest absolute Gasteiger partial charge is 0.372 e. The van der Waals surface area contributed by atoms with Crippen LogP contribution in [0.25, 0.3) is 16.9 Å². The van der Waals surface area contributed by atoms with Gasteiger partial charge in [-0.15, -0.1) is 5.10 Å². The van der Waals surface area contributed by atoms with Gasteiger partial charge in [0.05, 0.1) is 18.8 Å². The molecule has 3 aromatic rings. The number of morpholine rings is 1. The van der Waals surface area contributed by atoms with E-state index in [9.17, 15) is 4.79 Å².